The second kappa shape index (κ2) is 8.68. The largest absolute Gasteiger partial charge is 0.345 e. The smallest absolute Gasteiger partial charge is 0.221 e. The van der Waals surface area contributed by atoms with Crippen LogP contribution >= 0.6 is 0 Å². The third-order valence-electron chi connectivity index (χ3n) is 5.06. The lowest BCUT2D eigenvalue weighted by Gasteiger charge is -2.20. The van der Waals surface area contributed by atoms with Crippen molar-refractivity contribution in [2.45, 2.75) is 39.7 Å². The van der Waals surface area contributed by atoms with E-state index in [0.29, 0.717) is 6.42 Å². The SMILES string of the molecule is Cc1ccc([C@H](NC(=O)CCc2ccc(C)c(C)c2)c2ccccc2)cc1. The summed E-state index contributed by atoms with van der Waals surface area (Å²) < 4.78 is 0. The average Bonchev–Trinajstić information content (AvgIpc) is 2.68. The first-order chi connectivity index (χ1) is 13.0. The van der Waals surface area contributed by atoms with E-state index >= 15 is 0 Å². The Morgan fingerprint density at radius 1 is 0.815 bits per heavy atom. The van der Waals surface area contributed by atoms with E-state index in [2.05, 4.69) is 80.7 Å². The molecule has 0 saturated heterocycles. The van der Waals surface area contributed by atoms with Crippen molar-refractivity contribution >= 4 is 5.91 Å². The summed E-state index contributed by atoms with van der Waals surface area (Å²) in [5, 5.41) is 3.23. The van der Waals surface area contributed by atoms with Crippen molar-refractivity contribution in [2.75, 3.05) is 0 Å². The summed E-state index contributed by atoms with van der Waals surface area (Å²) in [5.41, 5.74) is 7.18. The van der Waals surface area contributed by atoms with E-state index in [9.17, 15) is 4.79 Å². The summed E-state index contributed by atoms with van der Waals surface area (Å²) in [7, 11) is 0. The van der Waals surface area contributed by atoms with Gasteiger partial charge in [-0.2, -0.15) is 0 Å². The molecular weight excluding hydrogens is 330 g/mol. The Hall–Kier alpha value is -2.87. The van der Waals surface area contributed by atoms with Gasteiger partial charge >= 0.3 is 0 Å². The Morgan fingerprint density at radius 3 is 2.15 bits per heavy atom. The van der Waals surface area contributed by atoms with Crippen molar-refractivity contribution in [1.29, 1.82) is 0 Å². The number of hydrogen-bond acceptors (Lipinski definition) is 1. The van der Waals surface area contributed by atoms with E-state index in [1.807, 2.05) is 18.2 Å². The van der Waals surface area contributed by atoms with Gasteiger partial charge in [0, 0.05) is 6.42 Å². The van der Waals surface area contributed by atoms with Crippen molar-refractivity contribution in [3.05, 3.63) is 106 Å². The quantitative estimate of drug-likeness (QED) is 0.624. The summed E-state index contributed by atoms with van der Waals surface area (Å²) in [5.74, 6) is 0.0719. The summed E-state index contributed by atoms with van der Waals surface area (Å²) in [6, 6.07) is 24.8. The number of nitrogens with one attached hydrogen (secondary N) is 1. The van der Waals surface area contributed by atoms with Gasteiger partial charge in [0.05, 0.1) is 6.04 Å². The van der Waals surface area contributed by atoms with E-state index in [1.165, 1.54) is 22.3 Å². The van der Waals surface area contributed by atoms with Gasteiger partial charge in [0.1, 0.15) is 0 Å². The third-order valence-corrected chi connectivity index (χ3v) is 5.06. The second-order valence-electron chi connectivity index (χ2n) is 7.24. The standard InChI is InChI=1S/C25H27NO/c1-18-9-14-23(15-10-18)25(22-7-5-4-6-8-22)26-24(27)16-13-21-12-11-19(2)20(3)17-21/h4-12,14-15,17,25H,13,16H2,1-3H3,(H,26,27)/t25-/m1/s1. The normalized spacial score (nSPS) is 11.8. The van der Waals surface area contributed by atoms with Crippen LogP contribution < -0.4 is 5.32 Å². The Bertz CT molecular complexity index is 897. The highest BCUT2D eigenvalue weighted by Gasteiger charge is 2.16. The van der Waals surface area contributed by atoms with Crippen LogP contribution in [0.4, 0.5) is 0 Å². The molecule has 1 N–H and O–H groups in total. The molecule has 0 aliphatic carbocycles. The molecule has 2 heteroatoms. The number of rotatable bonds is 6. The molecule has 0 unspecified atom stereocenters. The first-order valence-electron chi connectivity index (χ1n) is 9.50. The molecule has 0 saturated carbocycles. The summed E-state index contributed by atoms with van der Waals surface area (Å²) in [4.78, 5) is 12.7. The maximum atomic E-state index is 12.7. The van der Waals surface area contributed by atoms with Gasteiger partial charge in [-0.25, -0.2) is 0 Å². The number of amides is 1. The highest BCUT2D eigenvalue weighted by atomic mass is 16.1. The molecule has 0 bridgehead atoms. The Labute approximate surface area is 162 Å². The van der Waals surface area contributed by atoms with Crippen molar-refractivity contribution < 1.29 is 4.79 Å². The zero-order valence-corrected chi connectivity index (χ0v) is 16.3. The first-order valence-corrected chi connectivity index (χ1v) is 9.50. The van der Waals surface area contributed by atoms with E-state index in [4.69, 9.17) is 0 Å². The fourth-order valence-corrected chi connectivity index (χ4v) is 3.21. The molecule has 3 aromatic rings. The Kier molecular flexibility index (Phi) is 6.08. The van der Waals surface area contributed by atoms with Gasteiger partial charge in [-0.1, -0.05) is 78.4 Å². The minimum Gasteiger partial charge on any atom is -0.345 e. The maximum Gasteiger partial charge on any atom is 0.221 e. The summed E-state index contributed by atoms with van der Waals surface area (Å²) >= 11 is 0. The van der Waals surface area contributed by atoms with Gasteiger partial charge in [0.2, 0.25) is 5.91 Å². The molecule has 0 aliphatic rings. The van der Waals surface area contributed by atoms with E-state index in [-0.39, 0.29) is 11.9 Å². The van der Waals surface area contributed by atoms with Gasteiger partial charge in [0.25, 0.3) is 0 Å². The molecule has 0 aromatic heterocycles. The topological polar surface area (TPSA) is 29.1 Å². The predicted octanol–water partition coefficient (Wildman–Crippen LogP) is 5.45. The van der Waals surface area contributed by atoms with Crippen LogP contribution in [0.1, 0.15) is 45.8 Å². The van der Waals surface area contributed by atoms with E-state index < -0.39 is 0 Å². The number of hydrogen-bond donors (Lipinski definition) is 1. The molecule has 0 heterocycles. The molecule has 138 valence electrons. The van der Waals surface area contributed by atoms with Crippen LogP contribution in [-0.4, -0.2) is 5.91 Å². The molecule has 3 aromatic carbocycles. The predicted molar refractivity (Wildman–Crippen MR) is 112 cm³/mol. The molecule has 0 fully saturated rings. The fourth-order valence-electron chi connectivity index (χ4n) is 3.21. The lowest BCUT2D eigenvalue weighted by Crippen LogP contribution is -2.29. The van der Waals surface area contributed by atoms with Crippen molar-refractivity contribution in [3.63, 3.8) is 0 Å². The Morgan fingerprint density at radius 2 is 1.48 bits per heavy atom. The fraction of sp³-hybridized carbons (Fsp3) is 0.240. The van der Waals surface area contributed by atoms with Gasteiger partial charge in [-0.3, -0.25) is 4.79 Å². The summed E-state index contributed by atoms with van der Waals surface area (Å²) in [6.45, 7) is 6.29. The number of aryl methyl sites for hydroxylation is 4. The van der Waals surface area contributed by atoms with Crippen LogP contribution in [0, 0.1) is 20.8 Å². The molecule has 0 spiro atoms. The van der Waals surface area contributed by atoms with Crippen molar-refractivity contribution in [3.8, 4) is 0 Å². The van der Waals surface area contributed by atoms with Crippen LogP contribution in [0.15, 0.2) is 72.8 Å². The van der Waals surface area contributed by atoms with Crippen LogP contribution in [0.5, 0.6) is 0 Å². The minimum absolute atomic E-state index is 0.0719. The van der Waals surface area contributed by atoms with Gasteiger partial charge in [0.15, 0.2) is 0 Å². The molecule has 3 rings (SSSR count). The lowest BCUT2D eigenvalue weighted by molar-refractivity contribution is -0.121. The minimum atomic E-state index is -0.126. The van der Waals surface area contributed by atoms with Gasteiger partial charge < -0.3 is 5.32 Å². The van der Waals surface area contributed by atoms with Crippen LogP contribution in [0.2, 0.25) is 0 Å². The molecule has 2 nitrogen and oxygen atoms in total. The zero-order chi connectivity index (χ0) is 19.2. The number of benzene rings is 3. The molecule has 0 radical (unpaired) electrons. The average molecular weight is 357 g/mol. The first kappa shape index (κ1) is 18.9. The summed E-state index contributed by atoms with van der Waals surface area (Å²) in [6.07, 6.45) is 1.24. The van der Waals surface area contributed by atoms with Crippen LogP contribution in [-0.2, 0) is 11.2 Å². The highest BCUT2D eigenvalue weighted by Crippen LogP contribution is 2.23. The van der Waals surface area contributed by atoms with Gasteiger partial charge in [-0.05, 0) is 55.0 Å². The molecular formula is C25H27NO. The van der Waals surface area contributed by atoms with E-state index in [1.54, 1.807) is 0 Å². The number of carbonyl (C=O) groups is 1. The van der Waals surface area contributed by atoms with Crippen LogP contribution in [0.25, 0.3) is 0 Å². The number of carbonyl (C=O) groups excluding carboxylic acids is 1. The highest BCUT2D eigenvalue weighted by molar-refractivity contribution is 5.77. The van der Waals surface area contributed by atoms with Crippen molar-refractivity contribution in [2.24, 2.45) is 0 Å². The molecule has 1 atom stereocenters. The zero-order valence-electron chi connectivity index (χ0n) is 16.3. The Balaban J connectivity index is 1.72. The third kappa shape index (κ3) is 5.07. The van der Waals surface area contributed by atoms with Crippen LogP contribution in [0.3, 0.4) is 0 Å². The van der Waals surface area contributed by atoms with Crippen molar-refractivity contribution in [1.82, 2.24) is 5.32 Å². The second-order valence-corrected chi connectivity index (χ2v) is 7.24. The monoisotopic (exact) mass is 357 g/mol. The molecule has 0 aliphatic heterocycles. The van der Waals surface area contributed by atoms with E-state index in [0.717, 1.165) is 17.5 Å². The van der Waals surface area contributed by atoms with Gasteiger partial charge in [-0.15, -0.1) is 0 Å². The lowest BCUT2D eigenvalue weighted by atomic mass is 9.97. The molecule has 27 heavy (non-hydrogen) atoms. The maximum absolute atomic E-state index is 12.7. The molecule has 1 amide bonds.